The van der Waals surface area contributed by atoms with Crippen LogP contribution in [0, 0.1) is 0 Å². The largest absolute Gasteiger partial charge is 0.463 e. The number of esters is 1. The first-order valence-electron chi connectivity index (χ1n) is 8.33. The van der Waals surface area contributed by atoms with Gasteiger partial charge in [-0.25, -0.2) is 9.80 Å². The molecule has 0 radical (unpaired) electrons. The number of hydrogen-bond donors (Lipinski definition) is 0. The molecule has 1 saturated heterocycles. The molecule has 8 heteroatoms. The van der Waals surface area contributed by atoms with E-state index in [2.05, 4.69) is 5.10 Å². The number of thioether (sulfide) groups is 1. The average Bonchev–Trinajstić information content (AvgIpc) is 3.25. The number of ether oxygens (including phenoxy) is 1. The fourth-order valence-corrected chi connectivity index (χ4v) is 3.60. The Labute approximate surface area is 155 Å². The second-order valence-corrected chi connectivity index (χ2v) is 6.68. The van der Waals surface area contributed by atoms with Crippen molar-refractivity contribution in [3.8, 4) is 0 Å². The average molecular weight is 373 g/mol. The molecule has 2 aliphatic heterocycles. The fraction of sp³-hybridized carbons (Fsp3) is 0.333. The van der Waals surface area contributed by atoms with Gasteiger partial charge in [-0.1, -0.05) is 42.1 Å². The standard InChI is InChI=1S/C18H19N3O4S/c1-2-25-18(24)10-17-20(16(23)12-26-17)11-15(22)21-9-8-14(19-21)13-6-4-3-5-7-13/h3-7,10H,2,8-9,11-12H2,1H3/b17-10-. The van der Waals surface area contributed by atoms with E-state index in [9.17, 15) is 14.4 Å². The van der Waals surface area contributed by atoms with Crippen LogP contribution in [0.4, 0.5) is 0 Å². The van der Waals surface area contributed by atoms with Gasteiger partial charge >= 0.3 is 5.97 Å². The quantitative estimate of drug-likeness (QED) is 0.579. The Morgan fingerprint density at radius 1 is 1.31 bits per heavy atom. The Morgan fingerprint density at radius 3 is 2.81 bits per heavy atom. The third-order valence-corrected chi connectivity index (χ3v) is 4.95. The lowest BCUT2D eigenvalue weighted by atomic mass is 10.1. The summed E-state index contributed by atoms with van der Waals surface area (Å²) in [7, 11) is 0. The number of hydrazone groups is 1. The predicted octanol–water partition coefficient (Wildman–Crippen LogP) is 1.60. The van der Waals surface area contributed by atoms with Crippen molar-refractivity contribution in [2.75, 3.05) is 25.4 Å². The molecule has 2 aliphatic rings. The van der Waals surface area contributed by atoms with Crippen LogP contribution < -0.4 is 0 Å². The molecule has 0 bridgehead atoms. The zero-order chi connectivity index (χ0) is 18.5. The summed E-state index contributed by atoms with van der Waals surface area (Å²) < 4.78 is 4.87. The topological polar surface area (TPSA) is 79.3 Å². The molecule has 7 nitrogen and oxygen atoms in total. The highest BCUT2D eigenvalue weighted by molar-refractivity contribution is 8.04. The van der Waals surface area contributed by atoms with Gasteiger partial charge in [0.2, 0.25) is 5.91 Å². The van der Waals surface area contributed by atoms with Crippen LogP contribution in [0.5, 0.6) is 0 Å². The maximum Gasteiger partial charge on any atom is 0.333 e. The molecule has 136 valence electrons. The molecule has 2 amide bonds. The van der Waals surface area contributed by atoms with Gasteiger partial charge < -0.3 is 4.74 Å². The summed E-state index contributed by atoms with van der Waals surface area (Å²) in [6.45, 7) is 2.31. The van der Waals surface area contributed by atoms with E-state index in [0.717, 1.165) is 11.3 Å². The maximum atomic E-state index is 12.6. The van der Waals surface area contributed by atoms with Crippen molar-refractivity contribution in [3.63, 3.8) is 0 Å². The number of nitrogens with zero attached hydrogens (tertiary/aromatic N) is 3. The van der Waals surface area contributed by atoms with Gasteiger partial charge in [-0.15, -0.1) is 0 Å². The lowest BCUT2D eigenvalue weighted by Gasteiger charge is -2.19. The molecular formula is C18H19N3O4S. The third-order valence-electron chi connectivity index (χ3n) is 3.93. The highest BCUT2D eigenvalue weighted by Crippen LogP contribution is 2.29. The van der Waals surface area contributed by atoms with Crippen molar-refractivity contribution in [2.24, 2.45) is 5.10 Å². The van der Waals surface area contributed by atoms with Crippen LogP contribution in [0.1, 0.15) is 18.9 Å². The van der Waals surface area contributed by atoms with Gasteiger partial charge in [0.15, 0.2) is 0 Å². The maximum absolute atomic E-state index is 12.6. The number of amides is 2. The Balaban J connectivity index is 1.68. The van der Waals surface area contributed by atoms with E-state index in [0.29, 0.717) is 18.0 Å². The van der Waals surface area contributed by atoms with Crippen molar-refractivity contribution in [1.29, 1.82) is 0 Å². The lowest BCUT2D eigenvalue weighted by molar-refractivity contribution is -0.138. The van der Waals surface area contributed by atoms with Crippen molar-refractivity contribution in [2.45, 2.75) is 13.3 Å². The summed E-state index contributed by atoms with van der Waals surface area (Å²) in [6.07, 6.45) is 1.93. The first kappa shape index (κ1) is 18.2. The number of carbonyl (C=O) groups excluding carboxylic acids is 3. The van der Waals surface area contributed by atoms with Gasteiger partial charge in [0.1, 0.15) is 6.54 Å². The van der Waals surface area contributed by atoms with Crippen molar-refractivity contribution in [1.82, 2.24) is 9.91 Å². The minimum atomic E-state index is -0.521. The third kappa shape index (κ3) is 4.13. The number of hydrogen-bond acceptors (Lipinski definition) is 6. The molecule has 3 rings (SSSR count). The number of rotatable bonds is 5. The minimum Gasteiger partial charge on any atom is -0.463 e. The summed E-state index contributed by atoms with van der Waals surface area (Å²) in [6, 6.07) is 9.68. The molecule has 1 fully saturated rings. The van der Waals surface area contributed by atoms with Crippen LogP contribution >= 0.6 is 11.8 Å². The highest BCUT2D eigenvalue weighted by Gasteiger charge is 2.32. The Hall–Kier alpha value is -2.61. The van der Waals surface area contributed by atoms with Crippen LogP contribution in [0.15, 0.2) is 46.5 Å². The SMILES string of the molecule is CCOC(=O)/C=C1\SCC(=O)N1CC(=O)N1CCC(c2ccccc2)=N1. The number of carbonyl (C=O) groups is 3. The minimum absolute atomic E-state index is 0.136. The molecule has 0 aromatic heterocycles. The molecule has 0 atom stereocenters. The summed E-state index contributed by atoms with van der Waals surface area (Å²) in [5.41, 5.74) is 1.84. The summed E-state index contributed by atoms with van der Waals surface area (Å²) >= 11 is 1.22. The van der Waals surface area contributed by atoms with E-state index in [-0.39, 0.29) is 30.7 Å². The van der Waals surface area contributed by atoms with Crippen LogP contribution in [0.3, 0.4) is 0 Å². The normalized spacial score (nSPS) is 18.4. The zero-order valence-corrected chi connectivity index (χ0v) is 15.2. The molecule has 1 aromatic rings. The second-order valence-electron chi connectivity index (χ2n) is 5.68. The van der Waals surface area contributed by atoms with E-state index in [1.807, 2.05) is 30.3 Å². The Kier molecular flexibility index (Phi) is 5.72. The highest BCUT2D eigenvalue weighted by atomic mass is 32.2. The van der Waals surface area contributed by atoms with Crippen molar-refractivity contribution >= 4 is 35.3 Å². The van der Waals surface area contributed by atoms with Crippen LogP contribution in [-0.4, -0.2) is 58.9 Å². The summed E-state index contributed by atoms with van der Waals surface area (Å²) in [5.74, 6) is -0.795. The monoisotopic (exact) mass is 373 g/mol. The Morgan fingerprint density at radius 2 is 2.08 bits per heavy atom. The van der Waals surface area contributed by atoms with Gasteiger partial charge in [-0.3, -0.25) is 14.5 Å². The first-order valence-corrected chi connectivity index (χ1v) is 9.32. The second kappa shape index (κ2) is 8.18. The van der Waals surface area contributed by atoms with E-state index in [1.54, 1.807) is 6.92 Å². The van der Waals surface area contributed by atoms with Crippen LogP contribution in [0.25, 0.3) is 0 Å². The van der Waals surface area contributed by atoms with Crippen LogP contribution in [-0.2, 0) is 19.1 Å². The van der Waals surface area contributed by atoms with Gasteiger partial charge in [0.05, 0.1) is 35.7 Å². The van der Waals surface area contributed by atoms with Crippen molar-refractivity contribution < 1.29 is 19.1 Å². The molecule has 0 unspecified atom stereocenters. The zero-order valence-electron chi connectivity index (χ0n) is 14.4. The van der Waals surface area contributed by atoms with E-state index in [4.69, 9.17) is 4.74 Å². The molecule has 0 saturated carbocycles. The van der Waals surface area contributed by atoms with Crippen LogP contribution in [0.2, 0.25) is 0 Å². The van der Waals surface area contributed by atoms with Gasteiger partial charge in [-0.05, 0) is 12.5 Å². The molecule has 0 N–H and O–H groups in total. The Bertz CT molecular complexity index is 776. The van der Waals surface area contributed by atoms with Crippen molar-refractivity contribution in [3.05, 3.63) is 47.0 Å². The van der Waals surface area contributed by atoms with Gasteiger partial charge in [0.25, 0.3) is 5.91 Å². The molecule has 1 aromatic carbocycles. The molecule has 0 aliphatic carbocycles. The number of benzene rings is 1. The van der Waals surface area contributed by atoms with E-state index in [1.165, 1.54) is 27.7 Å². The fourth-order valence-electron chi connectivity index (χ4n) is 2.67. The molecule has 0 spiro atoms. The summed E-state index contributed by atoms with van der Waals surface area (Å²) in [5, 5.41) is 6.21. The van der Waals surface area contributed by atoms with E-state index < -0.39 is 5.97 Å². The first-order chi connectivity index (χ1) is 12.6. The summed E-state index contributed by atoms with van der Waals surface area (Å²) in [4.78, 5) is 37.6. The van der Waals surface area contributed by atoms with Gasteiger partial charge in [-0.2, -0.15) is 5.10 Å². The smallest absolute Gasteiger partial charge is 0.333 e. The lowest BCUT2D eigenvalue weighted by Crippen LogP contribution is -2.37. The molecule has 26 heavy (non-hydrogen) atoms. The van der Waals surface area contributed by atoms with E-state index >= 15 is 0 Å². The molecular weight excluding hydrogens is 354 g/mol. The molecule has 2 heterocycles. The van der Waals surface area contributed by atoms with Gasteiger partial charge in [0, 0.05) is 6.42 Å². The predicted molar refractivity (Wildman–Crippen MR) is 98.2 cm³/mol.